The predicted molar refractivity (Wildman–Crippen MR) is 65.9 cm³/mol. The second-order valence-electron chi connectivity index (χ2n) is 4.15. The molecule has 6 nitrogen and oxygen atoms in total. The van der Waals surface area contributed by atoms with Crippen LogP contribution in [0.4, 0.5) is 0 Å². The highest BCUT2D eigenvalue weighted by atomic mass is 16.4. The van der Waals surface area contributed by atoms with E-state index in [2.05, 4.69) is 10.3 Å². The van der Waals surface area contributed by atoms with Gasteiger partial charge in [0.1, 0.15) is 0 Å². The number of carbonyl (C=O) groups is 2. The number of carboxylic acid groups (broad SMARTS) is 1. The van der Waals surface area contributed by atoms with Gasteiger partial charge < -0.3 is 16.2 Å². The Morgan fingerprint density at radius 3 is 2.89 bits per heavy atom. The molecule has 0 fully saturated rings. The van der Waals surface area contributed by atoms with E-state index < -0.39 is 5.97 Å². The van der Waals surface area contributed by atoms with Crippen LogP contribution < -0.4 is 11.1 Å². The molecule has 1 unspecified atom stereocenters. The van der Waals surface area contributed by atoms with Gasteiger partial charge in [-0.1, -0.05) is 6.92 Å². The molecule has 98 valence electrons. The van der Waals surface area contributed by atoms with Crippen LogP contribution in [0, 0.1) is 5.92 Å². The molecule has 1 rings (SSSR count). The van der Waals surface area contributed by atoms with Crippen molar-refractivity contribution in [1.29, 1.82) is 0 Å². The minimum Gasteiger partial charge on any atom is -0.481 e. The van der Waals surface area contributed by atoms with Crippen LogP contribution in [0.5, 0.6) is 0 Å². The van der Waals surface area contributed by atoms with E-state index in [1.165, 1.54) is 6.20 Å². The van der Waals surface area contributed by atoms with Gasteiger partial charge in [0.25, 0.3) is 5.91 Å². The van der Waals surface area contributed by atoms with Crippen LogP contribution >= 0.6 is 0 Å². The van der Waals surface area contributed by atoms with Crippen molar-refractivity contribution in [3.63, 3.8) is 0 Å². The predicted octanol–water partition coefficient (Wildman–Crippen LogP) is 0.381. The average molecular weight is 251 g/mol. The Balaban J connectivity index is 2.52. The van der Waals surface area contributed by atoms with Crippen molar-refractivity contribution in [2.24, 2.45) is 11.7 Å². The number of nitrogens with one attached hydrogen (secondary N) is 1. The van der Waals surface area contributed by atoms with E-state index in [-0.39, 0.29) is 24.8 Å². The number of aromatic nitrogens is 1. The fraction of sp³-hybridized carbons (Fsp3) is 0.417. The van der Waals surface area contributed by atoms with E-state index in [0.717, 1.165) is 0 Å². The highest BCUT2D eigenvalue weighted by molar-refractivity contribution is 5.94. The first kappa shape index (κ1) is 14.1. The number of hydrogen-bond donors (Lipinski definition) is 3. The van der Waals surface area contributed by atoms with Gasteiger partial charge in [0.2, 0.25) is 0 Å². The van der Waals surface area contributed by atoms with Gasteiger partial charge >= 0.3 is 5.97 Å². The Hall–Kier alpha value is -1.95. The summed E-state index contributed by atoms with van der Waals surface area (Å²) in [7, 11) is 0. The molecule has 1 aromatic heterocycles. The van der Waals surface area contributed by atoms with Crippen LogP contribution in [0.1, 0.15) is 29.4 Å². The number of aliphatic carboxylic acids is 1. The molecule has 0 saturated carbocycles. The fourth-order valence-corrected chi connectivity index (χ4v) is 1.47. The van der Waals surface area contributed by atoms with E-state index in [1.54, 1.807) is 19.1 Å². The third-order valence-electron chi connectivity index (χ3n) is 2.42. The maximum Gasteiger partial charge on any atom is 0.303 e. The fourth-order valence-electron chi connectivity index (χ4n) is 1.47. The summed E-state index contributed by atoms with van der Waals surface area (Å²) in [5.41, 5.74) is 6.56. The molecule has 0 saturated heterocycles. The van der Waals surface area contributed by atoms with Crippen molar-refractivity contribution in [2.75, 3.05) is 6.54 Å². The highest BCUT2D eigenvalue weighted by Crippen LogP contribution is 2.03. The summed E-state index contributed by atoms with van der Waals surface area (Å²) in [6.45, 7) is 2.37. The van der Waals surface area contributed by atoms with Crippen LogP contribution in [-0.2, 0) is 11.3 Å². The minimum atomic E-state index is -0.869. The number of rotatable bonds is 6. The van der Waals surface area contributed by atoms with Crippen molar-refractivity contribution in [3.05, 3.63) is 29.6 Å². The quantitative estimate of drug-likeness (QED) is 0.678. The number of hydrogen-bond acceptors (Lipinski definition) is 4. The molecular formula is C12H17N3O3. The van der Waals surface area contributed by atoms with Crippen LogP contribution in [0.2, 0.25) is 0 Å². The average Bonchev–Trinajstić information content (AvgIpc) is 2.35. The Bertz CT molecular complexity index is 434. The van der Waals surface area contributed by atoms with E-state index >= 15 is 0 Å². The molecule has 0 aliphatic rings. The molecule has 1 amide bonds. The molecule has 0 aromatic carbocycles. The van der Waals surface area contributed by atoms with Crippen LogP contribution in [0.25, 0.3) is 0 Å². The van der Waals surface area contributed by atoms with Gasteiger partial charge in [0.05, 0.1) is 5.69 Å². The van der Waals surface area contributed by atoms with Crippen LogP contribution in [0.15, 0.2) is 18.3 Å². The molecule has 0 aliphatic heterocycles. The molecular weight excluding hydrogens is 234 g/mol. The Labute approximate surface area is 105 Å². The molecule has 0 bridgehead atoms. The third kappa shape index (κ3) is 4.50. The molecule has 0 aliphatic carbocycles. The largest absolute Gasteiger partial charge is 0.481 e. The van der Waals surface area contributed by atoms with Gasteiger partial charge in [0.15, 0.2) is 0 Å². The zero-order valence-corrected chi connectivity index (χ0v) is 10.2. The number of amides is 1. The van der Waals surface area contributed by atoms with Crippen molar-refractivity contribution < 1.29 is 14.7 Å². The SMILES string of the molecule is CC(CNC(=O)c1ccnc(CN)c1)CC(=O)O. The summed E-state index contributed by atoms with van der Waals surface area (Å²) in [6, 6.07) is 3.22. The lowest BCUT2D eigenvalue weighted by Crippen LogP contribution is -2.29. The first-order valence-corrected chi connectivity index (χ1v) is 5.68. The van der Waals surface area contributed by atoms with Crippen molar-refractivity contribution in [3.8, 4) is 0 Å². The van der Waals surface area contributed by atoms with Crippen LogP contribution in [-0.4, -0.2) is 28.5 Å². The van der Waals surface area contributed by atoms with E-state index in [0.29, 0.717) is 17.8 Å². The van der Waals surface area contributed by atoms with Crippen molar-refractivity contribution in [2.45, 2.75) is 19.9 Å². The molecule has 18 heavy (non-hydrogen) atoms. The zero-order valence-electron chi connectivity index (χ0n) is 10.2. The van der Waals surface area contributed by atoms with Gasteiger partial charge in [0, 0.05) is 31.3 Å². The standard InChI is InChI=1S/C12H17N3O3/c1-8(4-11(16)17)7-15-12(18)9-2-3-14-10(5-9)6-13/h2-3,5,8H,4,6-7,13H2,1H3,(H,15,18)(H,16,17). The van der Waals surface area contributed by atoms with E-state index in [4.69, 9.17) is 10.8 Å². The Morgan fingerprint density at radius 1 is 1.56 bits per heavy atom. The first-order valence-electron chi connectivity index (χ1n) is 5.68. The molecule has 1 aromatic rings. The molecule has 0 spiro atoms. The monoisotopic (exact) mass is 251 g/mol. The van der Waals surface area contributed by atoms with Gasteiger partial charge in [-0.15, -0.1) is 0 Å². The normalized spacial score (nSPS) is 11.9. The number of carbonyl (C=O) groups excluding carboxylic acids is 1. The lowest BCUT2D eigenvalue weighted by atomic mass is 10.1. The summed E-state index contributed by atoms with van der Waals surface area (Å²) < 4.78 is 0. The molecule has 1 atom stereocenters. The molecule has 4 N–H and O–H groups in total. The minimum absolute atomic E-state index is 0.0324. The lowest BCUT2D eigenvalue weighted by molar-refractivity contribution is -0.137. The topological polar surface area (TPSA) is 105 Å². The zero-order chi connectivity index (χ0) is 13.5. The summed E-state index contributed by atoms with van der Waals surface area (Å²) in [6.07, 6.45) is 1.56. The summed E-state index contributed by atoms with van der Waals surface area (Å²) in [5, 5.41) is 11.3. The van der Waals surface area contributed by atoms with E-state index in [1.807, 2.05) is 0 Å². The van der Waals surface area contributed by atoms with Gasteiger partial charge in [-0.2, -0.15) is 0 Å². The molecule has 0 radical (unpaired) electrons. The van der Waals surface area contributed by atoms with E-state index in [9.17, 15) is 9.59 Å². The maximum atomic E-state index is 11.8. The van der Waals surface area contributed by atoms with Crippen LogP contribution in [0.3, 0.4) is 0 Å². The van der Waals surface area contributed by atoms with Gasteiger partial charge in [-0.3, -0.25) is 14.6 Å². The van der Waals surface area contributed by atoms with Gasteiger partial charge in [-0.25, -0.2) is 0 Å². The summed E-state index contributed by atoms with van der Waals surface area (Å²) >= 11 is 0. The number of nitrogens with two attached hydrogens (primary N) is 1. The Kier molecular flexibility index (Phi) is 5.26. The van der Waals surface area contributed by atoms with Gasteiger partial charge in [-0.05, 0) is 18.1 Å². The second-order valence-corrected chi connectivity index (χ2v) is 4.15. The number of nitrogens with zero attached hydrogens (tertiary/aromatic N) is 1. The summed E-state index contributed by atoms with van der Waals surface area (Å²) in [5.74, 6) is -1.22. The molecule has 1 heterocycles. The smallest absolute Gasteiger partial charge is 0.303 e. The van der Waals surface area contributed by atoms with Crippen molar-refractivity contribution >= 4 is 11.9 Å². The summed E-state index contributed by atoms with van der Waals surface area (Å²) in [4.78, 5) is 26.2. The number of pyridine rings is 1. The lowest BCUT2D eigenvalue weighted by Gasteiger charge is -2.10. The highest BCUT2D eigenvalue weighted by Gasteiger charge is 2.11. The maximum absolute atomic E-state index is 11.8. The van der Waals surface area contributed by atoms with Crippen molar-refractivity contribution in [1.82, 2.24) is 10.3 Å². The second kappa shape index (κ2) is 6.70. The number of carboxylic acids is 1. The Morgan fingerprint density at radius 2 is 2.28 bits per heavy atom. The third-order valence-corrected chi connectivity index (χ3v) is 2.42. The molecule has 6 heteroatoms. The first-order chi connectivity index (χ1) is 8.52.